The molecule has 0 saturated carbocycles. The second-order valence-corrected chi connectivity index (χ2v) is 11.0. The fourth-order valence-electron chi connectivity index (χ4n) is 4.27. The highest BCUT2D eigenvalue weighted by Gasteiger charge is 2.04. The molecule has 0 N–H and O–H groups in total. The molecule has 0 radical (unpaired) electrons. The largest absolute Gasteiger partial charge is 0.466 e. The first-order valence-corrected chi connectivity index (χ1v) is 16.3. The summed E-state index contributed by atoms with van der Waals surface area (Å²) in [7, 11) is 0. The molecule has 0 aromatic rings. The Labute approximate surface area is 232 Å². The standard InChI is InChI=1S/C18H36O2.C15H30O2/c1-3-5-7-9-10-11-12-13-14-16-18(19)20-17-15-8-6-4-2;1-4-5-6-7-8-9-10-11-12-13-15(16)17-14(2)3/h3-17H2,1-2H3;14H,4-13H2,1-3H3. The van der Waals surface area contributed by atoms with Crippen molar-refractivity contribution in [3.05, 3.63) is 0 Å². The van der Waals surface area contributed by atoms with E-state index < -0.39 is 0 Å². The van der Waals surface area contributed by atoms with Crippen LogP contribution in [0, 0.1) is 0 Å². The van der Waals surface area contributed by atoms with E-state index in [0.717, 1.165) is 19.3 Å². The van der Waals surface area contributed by atoms with Gasteiger partial charge in [0, 0.05) is 12.8 Å². The van der Waals surface area contributed by atoms with E-state index in [4.69, 9.17) is 9.47 Å². The van der Waals surface area contributed by atoms with Crippen molar-refractivity contribution in [1.82, 2.24) is 0 Å². The highest BCUT2D eigenvalue weighted by atomic mass is 16.5. The van der Waals surface area contributed by atoms with Crippen molar-refractivity contribution in [3.63, 3.8) is 0 Å². The second-order valence-electron chi connectivity index (χ2n) is 11.0. The third-order valence-corrected chi connectivity index (χ3v) is 6.60. The summed E-state index contributed by atoms with van der Waals surface area (Å²) in [6.07, 6.45) is 29.1. The van der Waals surface area contributed by atoms with Crippen molar-refractivity contribution < 1.29 is 19.1 Å². The number of esters is 2. The zero-order valence-corrected chi connectivity index (χ0v) is 25.9. The van der Waals surface area contributed by atoms with Crippen molar-refractivity contribution in [2.24, 2.45) is 0 Å². The quantitative estimate of drug-likeness (QED) is 0.0830. The second kappa shape index (κ2) is 33.0. The Morgan fingerprint density at radius 2 is 0.784 bits per heavy atom. The van der Waals surface area contributed by atoms with E-state index in [-0.39, 0.29) is 18.0 Å². The lowest BCUT2D eigenvalue weighted by atomic mass is 10.1. The van der Waals surface area contributed by atoms with Crippen LogP contribution in [0.25, 0.3) is 0 Å². The van der Waals surface area contributed by atoms with Crippen molar-refractivity contribution in [1.29, 1.82) is 0 Å². The molecule has 0 aromatic carbocycles. The fraction of sp³-hybridized carbons (Fsp3) is 0.939. The minimum atomic E-state index is -0.0389. The predicted molar refractivity (Wildman–Crippen MR) is 160 cm³/mol. The third kappa shape index (κ3) is 37.2. The maximum atomic E-state index is 11.5. The van der Waals surface area contributed by atoms with Gasteiger partial charge in [0.15, 0.2) is 0 Å². The molecule has 0 amide bonds. The fourth-order valence-corrected chi connectivity index (χ4v) is 4.27. The van der Waals surface area contributed by atoms with Crippen LogP contribution in [0.15, 0.2) is 0 Å². The summed E-state index contributed by atoms with van der Waals surface area (Å²) in [5.41, 5.74) is 0. The van der Waals surface area contributed by atoms with Crippen LogP contribution in [0.1, 0.15) is 189 Å². The van der Waals surface area contributed by atoms with E-state index in [1.165, 1.54) is 122 Å². The summed E-state index contributed by atoms with van der Waals surface area (Å²) in [5, 5.41) is 0. The molecule has 0 fully saturated rings. The lowest BCUT2D eigenvalue weighted by molar-refractivity contribution is -0.147. The van der Waals surface area contributed by atoms with Crippen LogP contribution < -0.4 is 0 Å². The van der Waals surface area contributed by atoms with Crippen molar-refractivity contribution >= 4 is 11.9 Å². The van der Waals surface area contributed by atoms with Gasteiger partial charge in [0.05, 0.1) is 12.7 Å². The first-order chi connectivity index (χ1) is 18.0. The van der Waals surface area contributed by atoms with E-state index >= 15 is 0 Å². The van der Waals surface area contributed by atoms with Crippen molar-refractivity contribution in [2.75, 3.05) is 6.61 Å². The lowest BCUT2D eigenvalue weighted by Gasteiger charge is -2.07. The van der Waals surface area contributed by atoms with Crippen LogP contribution >= 0.6 is 0 Å². The van der Waals surface area contributed by atoms with E-state index in [9.17, 15) is 9.59 Å². The normalized spacial score (nSPS) is 10.8. The van der Waals surface area contributed by atoms with Crippen molar-refractivity contribution in [3.8, 4) is 0 Å². The first kappa shape index (κ1) is 38.1. The molecule has 0 aliphatic carbocycles. The van der Waals surface area contributed by atoms with Gasteiger partial charge in [-0.05, 0) is 33.1 Å². The van der Waals surface area contributed by atoms with Crippen LogP contribution in [0.2, 0.25) is 0 Å². The number of carbonyl (C=O) groups excluding carboxylic acids is 2. The molecule has 0 rings (SSSR count). The molecule has 4 heteroatoms. The minimum Gasteiger partial charge on any atom is -0.466 e. The summed E-state index contributed by atoms with van der Waals surface area (Å²) in [6.45, 7) is 11.1. The van der Waals surface area contributed by atoms with Gasteiger partial charge in [-0.2, -0.15) is 0 Å². The van der Waals surface area contributed by atoms with Crippen molar-refractivity contribution in [2.45, 2.75) is 195 Å². The molecule has 0 bridgehead atoms. The Morgan fingerprint density at radius 1 is 0.459 bits per heavy atom. The SMILES string of the molecule is CCCCCCCCCCCC(=O)OC(C)C.CCCCCCCCCCCC(=O)OCCCCCC. The number of rotatable bonds is 26. The summed E-state index contributed by atoms with van der Waals surface area (Å²) in [6, 6.07) is 0. The highest BCUT2D eigenvalue weighted by molar-refractivity contribution is 5.69. The van der Waals surface area contributed by atoms with E-state index in [2.05, 4.69) is 20.8 Å². The maximum Gasteiger partial charge on any atom is 0.306 e. The van der Waals surface area contributed by atoms with Crippen LogP contribution in [0.4, 0.5) is 0 Å². The molecule has 0 aliphatic rings. The van der Waals surface area contributed by atoms with Gasteiger partial charge >= 0.3 is 11.9 Å². The first-order valence-electron chi connectivity index (χ1n) is 16.3. The number of hydrogen-bond acceptors (Lipinski definition) is 4. The molecule has 0 aliphatic heterocycles. The Bertz CT molecular complexity index is 461. The highest BCUT2D eigenvalue weighted by Crippen LogP contribution is 2.12. The van der Waals surface area contributed by atoms with Gasteiger partial charge in [0.25, 0.3) is 0 Å². The molecule has 0 heterocycles. The molecule has 0 unspecified atom stereocenters. The zero-order valence-electron chi connectivity index (χ0n) is 25.9. The molecule has 37 heavy (non-hydrogen) atoms. The van der Waals surface area contributed by atoms with Crippen LogP contribution in [-0.4, -0.2) is 24.6 Å². The molecule has 0 aromatic heterocycles. The molecule has 4 nitrogen and oxygen atoms in total. The van der Waals surface area contributed by atoms with Gasteiger partial charge in [-0.1, -0.05) is 143 Å². The van der Waals surface area contributed by atoms with Gasteiger partial charge < -0.3 is 9.47 Å². The number of unbranched alkanes of at least 4 members (excludes halogenated alkanes) is 19. The van der Waals surface area contributed by atoms with E-state index in [1.807, 2.05) is 13.8 Å². The Morgan fingerprint density at radius 3 is 1.16 bits per heavy atom. The summed E-state index contributed by atoms with van der Waals surface area (Å²) < 4.78 is 10.3. The van der Waals surface area contributed by atoms with E-state index in [1.54, 1.807) is 0 Å². The topological polar surface area (TPSA) is 52.6 Å². The van der Waals surface area contributed by atoms with Crippen LogP contribution in [-0.2, 0) is 19.1 Å². The smallest absolute Gasteiger partial charge is 0.306 e. The van der Waals surface area contributed by atoms with Gasteiger partial charge in [0.2, 0.25) is 0 Å². The van der Waals surface area contributed by atoms with Crippen LogP contribution in [0.3, 0.4) is 0 Å². The number of hydrogen-bond donors (Lipinski definition) is 0. The maximum absolute atomic E-state index is 11.5. The number of carbonyl (C=O) groups is 2. The molecule has 0 saturated heterocycles. The summed E-state index contributed by atoms with van der Waals surface area (Å²) >= 11 is 0. The average molecular weight is 527 g/mol. The molecular formula is C33H66O4. The third-order valence-electron chi connectivity index (χ3n) is 6.60. The Balaban J connectivity index is 0. The van der Waals surface area contributed by atoms with Gasteiger partial charge in [-0.3, -0.25) is 9.59 Å². The molecule has 0 atom stereocenters. The van der Waals surface area contributed by atoms with E-state index in [0.29, 0.717) is 19.4 Å². The summed E-state index contributed by atoms with van der Waals surface area (Å²) in [5.74, 6) is -0.0348. The summed E-state index contributed by atoms with van der Waals surface area (Å²) in [4.78, 5) is 22.7. The Hall–Kier alpha value is -1.06. The lowest BCUT2D eigenvalue weighted by Crippen LogP contribution is -2.10. The predicted octanol–water partition coefficient (Wildman–Crippen LogP) is 10.9. The Kier molecular flexibility index (Phi) is 33.9. The average Bonchev–Trinajstić information content (AvgIpc) is 2.86. The minimum absolute atomic E-state index is 0.00412. The molecule has 0 spiro atoms. The zero-order chi connectivity index (χ0) is 27.8. The van der Waals surface area contributed by atoms with Gasteiger partial charge in [0.1, 0.15) is 0 Å². The number of ether oxygens (including phenoxy) is 2. The monoisotopic (exact) mass is 526 g/mol. The van der Waals surface area contributed by atoms with Gasteiger partial charge in [-0.15, -0.1) is 0 Å². The molecule has 222 valence electrons. The van der Waals surface area contributed by atoms with Gasteiger partial charge in [-0.25, -0.2) is 0 Å². The molecular weight excluding hydrogens is 460 g/mol. The van der Waals surface area contributed by atoms with Crippen LogP contribution in [0.5, 0.6) is 0 Å².